The fraction of sp³-hybridized carbons (Fsp3) is 0.391. The molecule has 1 amide bonds. The Hall–Kier alpha value is -2.53. The molecule has 0 radical (unpaired) electrons. The highest BCUT2D eigenvalue weighted by Crippen LogP contribution is 2.25. The Morgan fingerprint density at radius 1 is 1.18 bits per heavy atom. The maximum absolute atomic E-state index is 13.1. The highest BCUT2D eigenvalue weighted by atomic mass is 35.5. The van der Waals surface area contributed by atoms with Gasteiger partial charge in [0.05, 0.1) is 12.3 Å². The summed E-state index contributed by atoms with van der Waals surface area (Å²) in [6.07, 6.45) is 0. The Bertz CT molecular complexity index is 1140. The molecular weight excluding hydrogens is 485 g/mol. The van der Waals surface area contributed by atoms with Crippen LogP contribution in [0.2, 0.25) is 5.02 Å². The van der Waals surface area contributed by atoms with E-state index in [0.717, 1.165) is 25.6 Å². The monoisotopic (exact) mass is 511 g/mol. The number of sulfonamides is 1. The van der Waals surface area contributed by atoms with Gasteiger partial charge in [0.25, 0.3) is 0 Å². The smallest absolute Gasteiger partial charge is 0.325 e. The van der Waals surface area contributed by atoms with E-state index in [2.05, 4.69) is 4.90 Å². The van der Waals surface area contributed by atoms with Crippen LogP contribution in [0, 0.1) is 5.82 Å². The van der Waals surface area contributed by atoms with Gasteiger partial charge < -0.3 is 4.74 Å². The second-order valence-corrected chi connectivity index (χ2v) is 10.5. The summed E-state index contributed by atoms with van der Waals surface area (Å²) in [5.41, 5.74) is 1.19. The molecule has 2 aromatic rings. The average molecular weight is 512 g/mol. The lowest BCUT2D eigenvalue weighted by Gasteiger charge is -2.39. The van der Waals surface area contributed by atoms with Crippen molar-refractivity contribution >= 4 is 33.5 Å². The first kappa shape index (κ1) is 26.1. The summed E-state index contributed by atoms with van der Waals surface area (Å²) in [4.78, 5) is 28.0. The summed E-state index contributed by atoms with van der Waals surface area (Å²) in [5, 5.41) is 0.277. The van der Waals surface area contributed by atoms with Crippen LogP contribution < -0.4 is 9.46 Å². The van der Waals surface area contributed by atoms with Crippen molar-refractivity contribution in [2.45, 2.75) is 32.2 Å². The zero-order valence-electron chi connectivity index (χ0n) is 19.0. The van der Waals surface area contributed by atoms with Crippen LogP contribution in [0.1, 0.15) is 25.0 Å². The van der Waals surface area contributed by atoms with E-state index in [0.29, 0.717) is 13.1 Å². The van der Waals surface area contributed by atoms with Crippen molar-refractivity contribution in [2.75, 3.05) is 26.2 Å². The number of nitrogens with zero attached hydrogens (tertiary/aromatic N) is 2. The molecule has 1 atom stereocenters. The third-order valence-electron chi connectivity index (χ3n) is 5.39. The van der Waals surface area contributed by atoms with Crippen LogP contribution >= 0.6 is 11.6 Å². The van der Waals surface area contributed by atoms with E-state index in [1.165, 1.54) is 30.3 Å². The van der Waals surface area contributed by atoms with Crippen LogP contribution in [-0.2, 0) is 31.9 Å². The number of nitrogens with one attached hydrogen (secondary N) is 1. The van der Waals surface area contributed by atoms with E-state index in [1.807, 2.05) is 16.5 Å². The Labute approximate surface area is 203 Å². The predicted molar refractivity (Wildman–Crippen MR) is 126 cm³/mol. The quantitative estimate of drug-likeness (QED) is 0.430. The SMILES string of the molecule is CC(=O)NS(=O)(=O)Cc1cc(Cl)ccc1OC(=O)CN1CCN(Cc2ccc(F)cc2)C[C@H]1C. The topological polar surface area (TPSA) is 96.0 Å². The zero-order chi connectivity index (χ0) is 24.9. The number of benzene rings is 2. The van der Waals surface area contributed by atoms with E-state index in [4.69, 9.17) is 16.3 Å². The van der Waals surface area contributed by atoms with Crippen LogP contribution in [-0.4, -0.2) is 62.3 Å². The molecule has 2 aromatic carbocycles. The van der Waals surface area contributed by atoms with E-state index in [9.17, 15) is 22.4 Å². The van der Waals surface area contributed by atoms with Crippen LogP contribution in [0.4, 0.5) is 4.39 Å². The van der Waals surface area contributed by atoms with Crippen molar-refractivity contribution in [3.05, 3.63) is 64.4 Å². The number of carbonyl (C=O) groups excluding carboxylic acids is 2. The third-order valence-corrected chi connectivity index (χ3v) is 6.92. The largest absolute Gasteiger partial charge is 0.425 e. The molecule has 0 unspecified atom stereocenters. The highest BCUT2D eigenvalue weighted by Gasteiger charge is 2.26. The summed E-state index contributed by atoms with van der Waals surface area (Å²) >= 11 is 5.99. The molecule has 1 aliphatic heterocycles. The van der Waals surface area contributed by atoms with Gasteiger partial charge >= 0.3 is 5.97 Å². The number of carbonyl (C=O) groups is 2. The summed E-state index contributed by atoms with van der Waals surface area (Å²) < 4.78 is 44.8. The van der Waals surface area contributed by atoms with Crippen molar-refractivity contribution in [2.24, 2.45) is 0 Å². The number of hydrogen-bond acceptors (Lipinski definition) is 7. The van der Waals surface area contributed by atoms with Gasteiger partial charge in [-0.25, -0.2) is 12.8 Å². The lowest BCUT2D eigenvalue weighted by molar-refractivity contribution is -0.137. The number of rotatable bonds is 8. The van der Waals surface area contributed by atoms with Crippen LogP contribution in [0.5, 0.6) is 5.75 Å². The number of amides is 1. The fourth-order valence-corrected chi connectivity index (χ4v) is 5.18. The van der Waals surface area contributed by atoms with Gasteiger partial charge in [-0.05, 0) is 42.8 Å². The third kappa shape index (κ3) is 7.76. The molecule has 0 aromatic heterocycles. The summed E-state index contributed by atoms with van der Waals surface area (Å²) in [6.45, 7) is 5.94. The van der Waals surface area contributed by atoms with Crippen molar-refractivity contribution in [3.8, 4) is 5.75 Å². The number of halogens is 2. The van der Waals surface area contributed by atoms with E-state index in [1.54, 1.807) is 12.1 Å². The summed E-state index contributed by atoms with van der Waals surface area (Å²) in [5.74, 6) is -2.00. The minimum Gasteiger partial charge on any atom is -0.425 e. The number of ether oxygens (including phenoxy) is 1. The van der Waals surface area contributed by atoms with Gasteiger partial charge in [-0.1, -0.05) is 23.7 Å². The lowest BCUT2D eigenvalue weighted by Crippen LogP contribution is -2.53. The number of esters is 1. The first-order chi connectivity index (χ1) is 16.0. The molecule has 11 heteroatoms. The molecule has 1 heterocycles. The van der Waals surface area contributed by atoms with Gasteiger partial charge in [0, 0.05) is 49.7 Å². The predicted octanol–water partition coefficient (Wildman–Crippen LogP) is 2.56. The normalized spacial score (nSPS) is 17.4. The fourth-order valence-electron chi connectivity index (χ4n) is 3.84. The number of hydrogen-bond donors (Lipinski definition) is 1. The first-order valence-electron chi connectivity index (χ1n) is 10.7. The Kier molecular flexibility index (Phi) is 8.64. The maximum atomic E-state index is 13.1. The second kappa shape index (κ2) is 11.3. The van der Waals surface area contributed by atoms with Crippen molar-refractivity contribution < 1.29 is 27.1 Å². The molecular formula is C23H27ClFN3O5S. The van der Waals surface area contributed by atoms with Crippen LogP contribution in [0.25, 0.3) is 0 Å². The number of piperazine rings is 1. The summed E-state index contributed by atoms with van der Waals surface area (Å²) in [6, 6.07) is 10.8. The van der Waals surface area contributed by atoms with Gasteiger partial charge in [-0.15, -0.1) is 0 Å². The molecule has 8 nitrogen and oxygen atoms in total. The molecule has 34 heavy (non-hydrogen) atoms. The van der Waals surface area contributed by atoms with Gasteiger partial charge in [-0.2, -0.15) is 0 Å². The standard InChI is InChI=1S/C23H27ClFN3O5S/c1-16-12-27(13-18-3-6-21(25)7-4-18)9-10-28(16)14-23(30)33-22-8-5-20(24)11-19(22)15-34(31,32)26-17(2)29/h3-8,11,16H,9-10,12-15H2,1-2H3,(H,26,29)/t16-/m1/s1. The molecule has 0 aliphatic carbocycles. The minimum absolute atomic E-state index is 0.0338. The molecule has 1 saturated heterocycles. The van der Waals surface area contributed by atoms with Gasteiger partial charge in [0.15, 0.2) is 0 Å². The van der Waals surface area contributed by atoms with Crippen molar-refractivity contribution in [3.63, 3.8) is 0 Å². The molecule has 0 bridgehead atoms. The summed E-state index contributed by atoms with van der Waals surface area (Å²) in [7, 11) is -3.97. The van der Waals surface area contributed by atoms with Crippen LogP contribution in [0.15, 0.2) is 42.5 Å². The molecule has 0 saturated carbocycles. The maximum Gasteiger partial charge on any atom is 0.325 e. The first-order valence-corrected chi connectivity index (χ1v) is 12.7. The Balaban J connectivity index is 1.58. The molecule has 1 fully saturated rings. The highest BCUT2D eigenvalue weighted by molar-refractivity contribution is 7.89. The van der Waals surface area contributed by atoms with Crippen molar-refractivity contribution in [1.29, 1.82) is 0 Å². The average Bonchev–Trinajstić information content (AvgIpc) is 2.72. The molecule has 1 aliphatic rings. The molecule has 3 rings (SSSR count). The van der Waals surface area contributed by atoms with Crippen molar-refractivity contribution in [1.82, 2.24) is 14.5 Å². The van der Waals surface area contributed by atoms with Gasteiger partial charge in [0.1, 0.15) is 11.6 Å². The van der Waals surface area contributed by atoms with Gasteiger partial charge in [0.2, 0.25) is 15.9 Å². The Morgan fingerprint density at radius 2 is 1.88 bits per heavy atom. The van der Waals surface area contributed by atoms with E-state index in [-0.39, 0.29) is 34.7 Å². The van der Waals surface area contributed by atoms with E-state index < -0.39 is 27.7 Å². The molecule has 0 spiro atoms. The van der Waals surface area contributed by atoms with Crippen LogP contribution in [0.3, 0.4) is 0 Å². The molecule has 184 valence electrons. The minimum atomic E-state index is -3.97. The lowest BCUT2D eigenvalue weighted by atomic mass is 10.1. The van der Waals surface area contributed by atoms with E-state index >= 15 is 0 Å². The molecule has 1 N–H and O–H groups in total. The van der Waals surface area contributed by atoms with Gasteiger partial charge in [-0.3, -0.25) is 24.1 Å². The Morgan fingerprint density at radius 3 is 2.53 bits per heavy atom. The zero-order valence-corrected chi connectivity index (χ0v) is 20.5. The second-order valence-electron chi connectivity index (χ2n) is 8.32.